The minimum atomic E-state index is 0.320. The maximum atomic E-state index is 5.20. The normalized spacial score (nSPS) is 9.55. The number of rotatable bonds is 4. The molecule has 0 spiro atoms. The molecule has 2 nitrogen and oxygen atoms in total. The van der Waals surface area contributed by atoms with Crippen molar-refractivity contribution in [2.24, 2.45) is 0 Å². The van der Waals surface area contributed by atoms with Gasteiger partial charge in [0, 0.05) is 6.61 Å². The lowest BCUT2D eigenvalue weighted by Crippen LogP contribution is -2.01. The highest BCUT2D eigenvalue weighted by Gasteiger charge is 1.88. The third-order valence-corrected chi connectivity index (χ3v) is 1.20. The molecule has 1 rings (SSSR count). The lowest BCUT2D eigenvalue weighted by atomic mass is 10.3. The van der Waals surface area contributed by atoms with E-state index in [0.29, 0.717) is 13.4 Å². The fraction of sp³-hybridized carbons (Fsp3) is 0.333. The van der Waals surface area contributed by atoms with E-state index < -0.39 is 0 Å². The van der Waals surface area contributed by atoms with Crippen LogP contribution < -0.4 is 4.74 Å². The van der Waals surface area contributed by atoms with Gasteiger partial charge in [-0.3, -0.25) is 0 Å². The molecule has 0 saturated carbocycles. The molecule has 59 valence electrons. The maximum absolute atomic E-state index is 5.20. The minimum Gasteiger partial charge on any atom is -0.468 e. The van der Waals surface area contributed by atoms with Gasteiger partial charge in [-0.05, 0) is 25.1 Å². The van der Waals surface area contributed by atoms with Crippen molar-refractivity contribution < 1.29 is 9.47 Å². The summed E-state index contributed by atoms with van der Waals surface area (Å²) in [7, 11) is 0. The monoisotopic (exact) mass is 151 g/mol. The van der Waals surface area contributed by atoms with E-state index in [1.54, 1.807) is 12.1 Å². The summed E-state index contributed by atoms with van der Waals surface area (Å²) in [5.41, 5.74) is 0. The first-order chi connectivity index (χ1) is 5.43. The number of hydrogen-bond donors (Lipinski definition) is 0. The molecule has 2 heteroatoms. The Bertz CT molecular complexity index is 184. The van der Waals surface area contributed by atoms with Gasteiger partial charge >= 0.3 is 0 Å². The predicted molar refractivity (Wildman–Crippen MR) is 42.4 cm³/mol. The summed E-state index contributed by atoms with van der Waals surface area (Å²) >= 11 is 0. The standard InChI is InChI=1S/C9H11O2/c1-2-10-8-11-9-6-4-3-5-7-9/h4-7H,2,8H2,1H3. The van der Waals surface area contributed by atoms with Crippen molar-refractivity contribution in [2.75, 3.05) is 13.4 Å². The summed E-state index contributed by atoms with van der Waals surface area (Å²) in [5.74, 6) is 0.817. The molecule has 0 saturated heterocycles. The van der Waals surface area contributed by atoms with Gasteiger partial charge in [0.15, 0.2) is 6.79 Å². The smallest absolute Gasteiger partial charge is 0.189 e. The van der Waals surface area contributed by atoms with Crippen molar-refractivity contribution >= 4 is 0 Å². The quantitative estimate of drug-likeness (QED) is 0.483. The first-order valence-electron chi connectivity index (χ1n) is 3.60. The van der Waals surface area contributed by atoms with Crippen LogP contribution >= 0.6 is 0 Å². The van der Waals surface area contributed by atoms with E-state index in [4.69, 9.17) is 9.47 Å². The first-order valence-corrected chi connectivity index (χ1v) is 3.60. The van der Waals surface area contributed by atoms with E-state index in [9.17, 15) is 0 Å². The van der Waals surface area contributed by atoms with E-state index in [-0.39, 0.29) is 0 Å². The Balaban J connectivity index is 2.28. The zero-order valence-electron chi connectivity index (χ0n) is 6.54. The molecule has 1 aromatic carbocycles. The fourth-order valence-corrected chi connectivity index (χ4v) is 0.661. The van der Waals surface area contributed by atoms with Gasteiger partial charge in [0.25, 0.3) is 0 Å². The minimum absolute atomic E-state index is 0.320. The Kier molecular flexibility index (Phi) is 3.48. The van der Waals surface area contributed by atoms with E-state index in [1.807, 2.05) is 19.1 Å². The highest BCUT2D eigenvalue weighted by Crippen LogP contribution is 2.07. The molecule has 0 amide bonds. The van der Waals surface area contributed by atoms with Gasteiger partial charge in [0.05, 0.1) is 0 Å². The first kappa shape index (κ1) is 8.08. The van der Waals surface area contributed by atoms with Crippen LogP contribution in [-0.2, 0) is 4.74 Å². The molecule has 0 aliphatic heterocycles. The molecule has 1 radical (unpaired) electrons. The average Bonchev–Trinajstić information content (AvgIpc) is 2.07. The summed E-state index contributed by atoms with van der Waals surface area (Å²) < 4.78 is 10.2. The van der Waals surface area contributed by atoms with Gasteiger partial charge in [0.1, 0.15) is 5.75 Å². The molecule has 0 aliphatic rings. The molecule has 1 aromatic rings. The Morgan fingerprint density at radius 3 is 2.73 bits per heavy atom. The van der Waals surface area contributed by atoms with Gasteiger partial charge < -0.3 is 9.47 Å². The fourth-order valence-electron chi connectivity index (χ4n) is 0.661. The van der Waals surface area contributed by atoms with Crippen LogP contribution in [0.5, 0.6) is 5.75 Å². The van der Waals surface area contributed by atoms with Gasteiger partial charge in [-0.2, -0.15) is 0 Å². The van der Waals surface area contributed by atoms with Crippen LogP contribution in [0.1, 0.15) is 6.92 Å². The third kappa shape index (κ3) is 3.05. The zero-order valence-corrected chi connectivity index (χ0v) is 6.54. The molecular weight excluding hydrogens is 140 g/mol. The Morgan fingerprint density at radius 2 is 2.09 bits per heavy atom. The summed E-state index contributed by atoms with van der Waals surface area (Å²) in [4.78, 5) is 0. The summed E-state index contributed by atoms with van der Waals surface area (Å²) in [5, 5.41) is 0. The Labute approximate surface area is 66.8 Å². The van der Waals surface area contributed by atoms with Gasteiger partial charge in [0.2, 0.25) is 0 Å². The molecule has 0 fully saturated rings. The van der Waals surface area contributed by atoms with Crippen molar-refractivity contribution in [3.63, 3.8) is 0 Å². The van der Waals surface area contributed by atoms with Crippen molar-refractivity contribution in [1.29, 1.82) is 0 Å². The summed E-state index contributed by atoms with van der Waals surface area (Å²) in [6.07, 6.45) is 0. The summed E-state index contributed by atoms with van der Waals surface area (Å²) in [6, 6.07) is 10.2. The van der Waals surface area contributed by atoms with Crippen LogP contribution in [0, 0.1) is 6.07 Å². The van der Waals surface area contributed by atoms with Crippen LogP contribution in [-0.4, -0.2) is 13.4 Å². The van der Waals surface area contributed by atoms with Crippen LogP contribution in [0.4, 0.5) is 0 Å². The largest absolute Gasteiger partial charge is 0.468 e. The molecule has 0 atom stereocenters. The van der Waals surface area contributed by atoms with Crippen LogP contribution in [0.25, 0.3) is 0 Å². The number of ether oxygens (including phenoxy) is 2. The van der Waals surface area contributed by atoms with E-state index in [2.05, 4.69) is 6.07 Å². The predicted octanol–water partition coefficient (Wildman–Crippen LogP) is 1.86. The van der Waals surface area contributed by atoms with Gasteiger partial charge in [-0.25, -0.2) is 0 Å². The van der Waals surface area contributed by atoms with E-state index in [1.165, 1.54) is 0 Å². The second-order valence-electron chi connectivity index (χ2n) is 1.99. The number of hydrogen-bond acceptors (Lipinski definition) is 2. The SMILES string of the molecule is CCOCOc1cc[c]cc1. The maximum Gasteiger partial charge on any atom is 0.189 e. The van der Waals surface area contributed by atoms with Crippen LogP contribution in [0.2, 0.25) is 0 Å². The van der Waals surface area contributed by atoms with E-state index >= 15 is 0 Å². The molecule has 0 aliphatic carbocycles. The van der Waals surface area contributed by atoms with E-state index in [0.717, 1.165) is 5.75 Å². The zero-order chi connectivity index (χ0) is 7.94. The molecule has 0 bridgehead atoms. The average molecular weight is 151 g/mol. The lowest BCUT2D eigenvalue weighted by molar-refractivity contribution is 0.0224. The highest BCUT2D eigenvalue weighted by atomic mass is 16.7. The summed E-state index contributed by atoms with van der Waals surface area (Å²) in [6.45, 7) is 2.93. The highest BCUT2D eigenvalue weighted by molar-refractivity contribution is 5.19. The Hall–Kier alpha value is -1.02. The van der Waals surface area contributed by atoms with Crippen LogP contribution in [0.3, 0.4) is 0 Å². The second kappa shape index (κ2) is 4.74. The van der Waals surface area contributed by atoms with Crippen molar-refractivity contribution in [2.45, 2.75) is 6.92 Å². The molecule has 0 unspecified atom stereocenters. The van der Waals surface area contributed by atoms with Gasteiger partial charge in [-0.1, -0.05) is 12.1 Å². The molecular formula is C9H11O2. The van der Waals surface area contributed by atoms with Crippen molar-refractivity contribution in [3.05, 3.63) is 30.3 Å². The second-order valence-corrected chi connectivity index (χ2v) is 1.99. The number of benzene rings is 1. The Morgan fingerprint density at radius 1 is 1.36 bits per heavy atom. The third-order valence-electron chi connectivity index (χ3n) is 1.20. The van der Waals surface area contributed by atoms with Crippen molar-refractivity contribution in [3.8, 4) is 5.75 Å². The molecule has 11 heavy (non-hydrogen) atoms. The van der Waals surface area contributed by atoms with Gasteiger partial charge in [-0.15, -0.1) is 0 Å². The van der Waals surface area contributed by atoms with Crippen molar-refractivity contribution in [1.82, 2.24) is 0 Å². The molecule has 0 heterocycles. The molecule has 0 N–H and O–H groups in total. The van der Waals surface area contributed by atoms with Crippen LogP contribution in [0.15, 0.2) is 24.3 Å². The molecule has 0 aromatic heterocycles. The lowest BCUT2D eigenvalue weighted by Gasteiger charge is -2.03. The topological polar surface area (TPSA) is 18.5 Å².